The van der Waals surface area contributed by atoms with Crippen molar-refractivity contribution in [2.45, 2.75) is 33.3 Å². The molecule has 0 fully saturated rings. The second-order valence-electron chi connectivity index (χ2n) is 4.21. The summed E-state index contributed by atoms with van der Waals surface area (Å²) in [5, 5.41) is 0. The molecule has 0 saturated carbocycles. The molecule has 3 nitrogen and oxygen atoms in total. The molecule has 1 heterocycles. The second-order valence-corrected chi connectivity index (χ2v) is 4.21. The number of hydrogen-bond acceptors (Lipinski definition) is 3. The van der Waals surface area contributed by atoms with Gasteiger partial charge in [0.2, 0.25) is 0 Å². The molecular weight excluding hydrogens is 168 g/mol. The van der Waals surface area contributed by atoms with Crippen molar-refractivity contribution in [2.75, 3.05) is 6.61 Å². The Morgan fingerprint density at radius 3 is 2.77 bits per heavy atom. The quantitative estimate of drug-likeness (QED) is 0.615. The number of esters is 1. The summed E-state index contributed by atoms with van der Waals surface area (Å²) in [4.78, 5) is 11.3. The molecule has 0 unspecified atom stereocenters. The van der Waals surface area contributed by atoms with Gasteiger partial charge in [-0.2, -0.15) is 0 Å². The lowest BCUT2D eigenvalue weighted by atomic mass is 9.97. The second kappa shape index (κ2) is 3.81. The summed E-state index contributed by atoms with van der Waals surface area (Å²) in [5.41, 5.74) is -0.425. The monoisotopic (exact) mass is 184 g/mol. The smallest absolute Gasteiger partial charge is 0.311 e. The molecule has 0 aliphatic carbocycles. The third-order valence-electron chi connectivity index (χ3n) is 1.78. The molecule has 3 heteroatoms. The Morgan fingerprint density at radius 1 is 1.62 bits per heavy atom. The molecule has 1 aliphatic rings. The van der Waals surface area contributed by atoms with Crippen LogP contribution in [0.4, 0.5) is 0 Å². The van der Waals surface area contributed by atoms with Crippen LogP contribution in [0.15, 0.2) is 12.3 Å². The van der Waals surface area contributed by atoms with Gasteiger partial charge in [-0.15, -0.1) is 0 Å². The Bertz CT molecular complexity index is 205. The molecule has 0 bridgehead atoms. The van der Waals surface area contributed by atoms with Crippen LogP contribution in [0.1, 0.15) is 27.2 Å². The van der Waals surface area contributed by atoms with Crippen molar-refractivity contribution in [1.82, 2.24) is 0 Å². The first-order valence-electron chi connectivity index (χ1n) is 4.48. The van der Waals surface area contributed by atoms with Gasteiger partial charge in [-0.05, 0) is 26.8 Å². The SMILES string of the molecule is CC(C)(C)C(=O)OC[C@H]1CC=CO1. The summed E-state index contributed by atoms with van der Waals surface area (Å²) in [6.07, 6.45) is 4.43. The van der Waals surface area contributed by atoms with Crippen LogP contribution in [0, 0.1) is 5.41 Å². The lowest BCUT2D eigenvalue weighted by Gasteiger charge is -2.18. The molecule has 0 spiro atoms. The number of carbonyl (C=O) groups excluding carboxylic acids is 1. The third kappa shape index (κ3) is 3.09. The molecule has 0 radical (unpaired) electrons. The minimum Gasteiger partial charge on any atom is -0.494 e. The average molecular weight is 184 g/mol. The van der Waals surface area contributed by atoms with Gasteiger partial charge in [0.25, 0.3) is 0 Å². The minimum absolute atomic E-state index is 0.0197. The number of carbonyl (C=O) groups is 1. The number of hydrogen-bond donors (Lipinski definition) is 0. The normalized spacial score (nSPS) is 21.3. The first kappa shape index (κ1) is 10.1. The first-order valence-corrected chi connectivity index (χ1v) is 4.48. The molecule has 1 atom stereocenters. The molecule has 0 aromatic rings. The average Bonchev–Trinajstić information content (AvgIpc) is 2.50. The van der Waals surface area contributed by atoms with E-state index in [1.165, 1.54) is 0 Å². The molecule has 1 aliphatic heterocycles. The van der Waals surface area contributed by atoms with Crippen molar-refractivity contribution in [3.8, 4) is 0 Å². The Labute approximate surface area is 78.7 Å². The van der Waals surface area contributed by atoms with Gasteiger partial charge in [0, 0.05) is 6.42 Å². The highest BCUT2D eigenvalue weighted by atomic mass is 16.6. The van der Waals surface area contributed by atoms with Crippen molar-refractivity contribution in [3.63, 3.8) is 0 Å². The first-order chi connectivity index (χ1) is 6.00. The van der Waals surface area contributed by atoms with Crippen molar-refractivity contribution >= 4 is 5.97 Å². The van der Waals surface area contributed by atoms with Gasteiger partial charge in [0.1, 0.15) is 12.7 Å². The van der Waals surface area contributed by atoms with Crippen LogP contribution in [0.2, 0.25) is 0 Å². The summed E-state index contributed by atoms with van der Waals surface area (Å²) in [5.74, 6) is -0.178. The Morgan fingerprint density at radius 2 is 2.31 bits per heavy atom. The van der Waals surface area contributed by atoms with Crippen LogP contribution in [-0.4, -0.2) is 18.7 Å². The van der Waals surface area contributed by atoms with Crippen LogP contribution < -0.4 is 0 Å². The molecule has 0 aromatic carbocycles. The Balaban J connectivity index is 2.22. The summed E-state index contributed by atoms with van der Waals surface area (Å²) >= 11 is 0. The molecule has 74 valence electrons. The number of ether oxygens (including phenoxy) is 2. The Kier molecular flexibility index (Phi) is 2.96. The number of rotatable bonds is 2. The van der Waals surface area contributed by atoms with E-state index in [9.17, 15) is 4.79 Å². The van der Waals surface area contributed by atoms with Crippen molar-refractivity contribution in [2.24, 2.45) is 5.41 Å². The van der Waals surface area contributed by atoms with E-state index in [-0.39, 0.29) is 12.1 Å². The highest BCUT2D eigenvalue weighted by molar-refractivity contribution is 5.75. The summed E-state index contributed by atoms with van der Waals surface area (Å²) in [7, 11) is 0. The van der Waals surface area contributed by atoms with Gasteiger partial charge in [-0.25, -0.2) is 0 Å². The molecule has 13 heavy (non-hydrogen) atoms. The Hall–Kier alpha value is -0.990. The van der Waals surface area contributed by atoms with Crippen LogP contribution in [0.5, 0.6) is 0 Å². The van der Waals surface area contributed by atoms with Gasteiger partial charge in [0.15, 0.2) is 0 Å². The van der Waals surface area contributed by atoms with Gasteiger partial charge in [0.05, 0.1) is 11.7 Å². The van der Waals surface area contributed by atoms with Gasteiger partial charge < -0.3 is 9.47 Å². The zero-order valence-electron chi connectivity index (χ0n) is 8.37. The maximum Gasteiger partial charge on any atom is 0.311 e. The van der Waals surface area contributed by atoms with E-state index in [4.69, 9.17) is 9.47 Å². The summed E-state index contributed by atoms with van der Waals surface area (Å²) in [6, 6.07) is 0. The largest absolute Gasteiger partial charge is 0.494 e. The fourth-order valence-corrected chi connectivity index (χ4v) is 0.922. The topological polar surface area (TPSA) is 35.5 Å². The molecule has 0 amide bonds. The summed E-state index contributed by atoms with van der Waals surface area (Å²) in [6.45, 7) is 5.86. The van der Waals surface area contributed by atoms with Gasteiger partial charge >= 0.3 is 5.97 Å². The molecule has 0 saturated heterocycles. The van der Waals surface area contributed by atoms with E-state index in [1.807, 2.05) is 26.8 Å². The van der Waals surface area contributed by atoms with Gasteiger partial charge in [-0.3, -0.25) is 4.79 Å². The van der Waals surface area contributed by atoms with Crippen LogP contribution in [0.25, 0.3) is 0 Å². The molecule has 0 N–H and O–H groups in total. The van der Waals surface area contributed by atoms with Crippen molar-refractivity contribution in [3.05, 3.63) is 12.3 Å². The third-order valence-corrected chi connectivity index (χ3v) is 1.78. The predicted octanol–water partition coefficient (Wildman–Crippen LogP) is 1.88. The molecular formula is C10H16O3. The van der Waals surface area contributed by atoms with E-state index in [1.54, 1.807) is 6.26 Å². The standard InChI is InChI=1S/C10H16O3/c1-10(2,3)9(11)13-7-8-5-4-6-12-8/h4,6,8H,5,7H2,1-3H3/t8-/m1/s1. The van der Waals surface area contributed by atoms with Crippen LogP contribution in [-0.2, 0) is 14.3 Å². The van der Waals surface area contributed by atoms with Crippen LogP contribution in [0.3, 0.4) is 0 Å². The minimum atomic E-state index is -0.425. The highest BCUT2D eigenvalue weighted by Crippen LogP contribution is 2.16. The zero-order chi connectivity index (χ0) is 9.90. The fraction of sp³-hybridized carbons (Fsp3) is 0.700. The lowest BCUT2D eigenvalue weighted by molar-refractivity contribution is -0.155. The maximum atomic E-state index is 11.3. The van der Waals surface area contributed by atoms with Crippen LogP contribution >= 0.6 is 0 Å². The fourth-order valence-electron chi connectivity index (χ4n) is 0.922. The van der Waals surface area contributed by atoms with Crippen molar-refractivity contribution in [1.29, 1.82) is 0 Å². The van der Waals surface area contributed by atoms with E-state index >= 15 is 0 Å². The zero-order valence-corrected chi connectivity index (χ0v) is 8.37. The van der Waals surface area contributed by atoms with Gasteiger partial charge in [-0.1, -0.05) is 0 Å². The van der Waals surface area contributed by atoms with Crippen molar-refractivity contribution < 1.29 is 14.3 Å². The lowest BCUT2D eigenvalue weighted by Crippen LogP contribution is -2.26. The maximum absolute atomic E-state index is 11.3. The molecule has 0 aromatic heterocycles. The van der Waals surface area contributed by atoms with E-state index in [2.05, 4.69) is 0 Å². The predicted molar refractivity (Wildman–Crippen MR) is 49.0 cm³/mol. The molecule has 1 rings (SSSR count). The van der Waals surface area contributed by atoms with E-state index in [0.29, 0.717) is 6.61 Å². The summed E-state index contributed by atoms with van der Waals surface area (Å²) < 4.78 is 10.2. The van der Waals surface area contributed by atoms with E-state index < -0.39 is 5.41 Å². The highest BCUT2D eigenvalue weighted by Gasteiger charge is 2.24. The van der Waals surface area contributed by atoms with E-state index in [0.717, 1.165) is 6.42 Å².